The molecule has 0 saturated heterocycles. The Bertz CT molecular complexity index is 938. The molecule has 1 atom stereocenters. The van der Waals surface area contributed by atoms with E-state index >= 15 is 0 Å². The smallest absolute Gasteiger partial charge is 0.254 e. The molecule has 0 radical (unpaired) electrons. The molecule has 28 heavy (non-hydrogen) atoms. The molecule has 0 saturated carbocycles. The molecule has 2 amide bonds. The van der Waals surface area contributed by atoms with Crippen molar-refractivity contribution in [3.8, 4) is 11.8 Å². The number of thiazole rings is 1. The zero-order chi connectivity index (χ0) is 20.9. The van der Waals surface area contributed by atoms with Gasteiger partial charge in [-0.3, -0.25) is 14.4 Å². The maximum absolute atomic E-state index is 12.8. The van der Waals surface area contributed by atoms with Crippen molar-refractivity contribution in [2.45, 2.75) is 19.4 Å². The van der Waals surface area contributed by atoms with Crippen molar-refractivity contribution in [1.29, 1.82) is 0 Å². The van der Waals surface area contributed by atoms with E-state index in [1.54, 1.807) is 24.3 Å². The molecule has 0 unspecified atom stereocenters. The Balaban J connectivity index is 2.24. The zero-order valence-corrected chi connectivity index (χ0v) is 16.9. The number of ketones is 1. The van der Waals surface area contributed by atoms with Crippen molar-refractivity contribution in [3.63, 3.8) is 0 Å². The van der Waals surface area contributed by atoms with E-state index in [4.69, 9.17) is 0 Å². The van der Waals surface area contributed by atoms with Gasteiger partial charge in [-0.2, -0.15) is 0 Å². The van der Waals surface area contributed by atoms with Crippen LogP contribution in [0.25, 0.3) is 0 Å². The number of aliphatic hydroxyl groups is 1. The summed E-state index contributed by atoms with van der Waals surface area (Å²) in [5.74, 6) is 3.95. The number of rotatable bonds is 5. The van der Waals surface area contributed by atoms with E-state index in [1.807, 2.05) is 12.3 Å². The Kier molecular flexibility index (Phi) is 6.67. The molecule has 1 heterocycles. The van der Waals surface area contributed by atoms with Crippen LogP contribution in [-0.2, 0) is 9.59 Å². The number of aryl methyl sites for hydroxylation is 1. The van der Waals surface area contributed by atoms with E-state index in [-0.39, 0.29) is 0 Å². The third kappa shape index (κ3) is 4.27. The minimum absolute atomic E-state index is 0.290. The number of Topliss-reactive ketones (excluding diaryl/α,β-unsaturated/α-hetero) is 1. The second-order valence-corrected chi connectivity index (χ2v) is 7.24. The summed E-state index contributed by atoms with van der Waals surface area (Å²) in [6.45, 7) is 2.35. The molecule has 0 bridgehead atoms. The number of hydrogen-bond acceptors (Lipinski definition) is 6. The fraction of sp³-hybridized carbons (Fsp3) is 0.300. The number of carbonyl (C=O) groups excluding carboxylic acids is 3. The summed E-state index contributed by atoms with van der Waals surface area (Å²) < 4.78 is 0. The Morgan fingerprint density at radius 3 is 2.39 bits per heavy atom. The molecule has 2 N–H and O–H groups in total. The highest BCUT2D eigenvalue weighted by atomic mass is 32.1. The quantitative estimate of drug-likeness (QED) is 0.577. The van der Waals surface area contributed by atoms with Crippen LogP contribution in [0.2, 0.25) is 0 Å². The Morgan fingerprint density at radius 1 is 1.25 bits per heavy atom. The Morgan fingerprint density at radius 2 is 1.89 bits per heavy atom. The molecule has 0 spiro atoms. The number of aromatic nitrogens is 1. The van der Waals surface area contributed by atoms with Gasteiger partial charge in [0.1, 0.15) is 12.3 Å². The molecule has 0 aliphatic carbocycles. The van der Waals surface area contributed by atoms with Gasteiger partial charge < -0.3 is 15.3 Å². The number of benzene rings is 1. The number of aliphatic hydroxyl groups excluding tert-OH is 1. The first kappa shape index (κ1) is 21.3. The molecule has 2 rings (SSSR count). The third-order valence-electron chi connectivity index (χ3n) is 4.42. The topological polar surface area (TPSA) is 99.6 Å². The second-order valence-electron chi connectivity index (χ2n) is 6.18. The van der Waals surface area contributed by atoms with Crippen molar-refractivity contribution >= 4 is 28.9 Å². The van der Waals surface area contributed by atoms with Gasteiger partial charge in [0.2, 0.25) is 0 Å². The van der Waals surface area contributed by atoms with Crippen LogP contribution in [0.4, 0.5) is 0 Å². The van der Waals surface area contributed by atoms with Crippen molar-refractivity contribution in [3.05, 3.63) is 51.5 Å². The highest BCUT2D eigenvalue weighted by molar-refractivity contribution is 7.09. The summed E-state index contributed by atoms with van der Waals surface area (Å²) in [5, 5.41) is 14.4. The van der Waals surface area contributed by atoms with Gasteiger partial charge in [0.25, 0.3) is 11.8 Å². The van der Waals surface area contributed by atoms with Crippen LogP contribution < -0.4 is 5.32 Å². The zero-order valence-electron chi connectivity index (χ0n) is 16.1. The fourth-order valence-corrected chi connectivity index (χ4v) is 3.06. The van der Waals surface area contributed by atoms with Gasteiger partial charge in [-0.1, -0.05) is 5.92 Å². The SMILES string of the molecule is CNC(=O)[C@@](C)(C(=O)CO)N(C)C(=O)c1ccc(C#Cc2csc(C)n2)cc1. The van der Waals surface area contributed by atoms with Crippen LogP contribution in [0.5, 0.6) is 0 Å². The number of nitrogens with zero attached hydrogens (tertiary/aromatic N) is 2. The predicted octanol–water partition coefficient (Wildman–Crippen LogP) is 0.989. The Hall–Kier alpha value is -3.02. The third-order valence-corrected chi connectivity index (χ3v) is 5.19. The van der Waals surface area contributed by atoms with Gasteiger partial charge in [0.05, 0.1) is 5.01 Å². The van der Waals surface area contributed by atoms with Gasteiger partial charge in [0.15, 0.2) is 11.3 Å². The lowest BCUT2D eigenvalue weighted by Crippen LogP contribution is -2.62. The molecule has 0 aliphatic rings. The minimum Gasteiger partial charge on any atom is -0.388 e. The lowest BCUT2D eigenvalue weighted by Gasteiger charge is -2.35. The van der Waals surface area contributed by atoms with Crippen LogP contribution in [-0.4, -0.2) is 58.8 Å². The summed E-state index contributed by atoms with van der Waals surface area (Å²) >= 11 is 1.52. The van der Waals surface area contributed by atoms with E-state index in [0.717, 1.165) is 9.91 Å². The highest BCUT2D eigenvalue weighted by Gasteiger charge is 2.46. The van der Waals surface area contributed by atoms with Crippen LogP contribution in [0.15, 0.2) is 29.6 Å². The molecule has 2 aromatic rings. The molecule has 8 heteroatoms. The van der Waals surface area contributed by atoms with Gasteiger partial charge >= 0.3 is 0 Å². The number of carbonyl (C=O) groups is 3. The average molecular weight is 399 g/mol. The first-order valence-electron chi connectivity index (χ1n) is 8.42. The van der Waals surface area contributed by atoms with Gasteiger partial charge in [-0.15, -0.1) is 11.3 Å². The van der Waals surface area contributed by atoms with Gasteiger partial charge in [-0.05, 0) is 44.0 Å². The summed E-state index contributed by atoms with van der Waals surface area (Å²) in [5.41, 5.74) is -0.142. The molecule has 7 nitrogen and oxygen atoms in total. The monoisotopic (exact) mass is 399 g/mol. The van der Waals surface area contributed by atoms with E-state index in [9.17, 15) is 19.5 Å². The number of amides is 2. The molecule has 1 aromatic carbocycles. The van der Waals surface area contributed by atoms with E-state index < -0.39 is 29.7 Å². The minimum atomic E-state index is -1.82. The molecular formula is C20H21N3O4S. The number of nitrogens with one attached hydrogen (secondary N) is 1. The maximum Gasteiger partial charge on any atom is 0.254 e. The fourth-order valence-electron chi connectivity index (χ4n) is 2.51. The maximum atomic E-state index is 12.8. The highest BCUT2D eigenvalue weighted by Crippen LogP contribution is 2.19. The summed E-state index contributed by atoms with van der Waals surface area (Å²) in [7, 11) is 2.71. The van der Waals surface area contributed by atoms with E-state index in [1.165, 1.54) is 32.4 Å². The van der Waals surface area contributed by atoms with Crippen molar-refractivity contribution in [2.24, 2.45) is 0 Å². The molecule has 1 aromatic heterocycles. The lowest BCUT2D eigenvalue weighted by molar-refractivity contribution is -0.143. The standard InChI is InChI=1S/C20H21N3O4S/c1-13-22-16(12-28-13)10-7-14-5-8-15(9-6-14)18(26)23(4)20(2,17(25)11-24)19(27)21-3/h5-6,8-9,12,24H,11H2,1-4H3,(H,21,27)/t20-/m1/s1. The number of hydrogen-bond donors (Lipinski definition) is 2. The van der Waals surface area contributed by atoms with Crippen molar-refractivity contribution in [1.82, 2.24) is 15.2 Å². The first-order valence-corrected chi connectivity index (χ1v) is 9.30. The van der Waals surface area contributed by atoms with Crippen LogP contribution >= 0.6 is 11.3 Å². The van der Waals surface area contributed by atoms with E-state index in [0.29, 0.717) is 16.8 Å². The summed E-state index contributed by atoms with van der Waals surface area (Å²) in [4.78, 5) is 42.5. The normalized spacial score (nSPS) is 12.3. The van der Waals surface area contributed by atoms with E-state index in [2.05, 4.69) is 22.1 Å². The largest absolute Gasteiger partial charge is 0.388 e. The van der Waals surface area contributed by atoms with Gasteiger partial charge in [-0.25, -0.2) is 4.98 Å². The second kappa shape index (κ2) is 8.78. The average Bonchev–Trinajstić information content (AvgIpc) is 3.14. The molecular weight excluding hydrogens is 378 g/mol. The lowest BCUT2D eigenvalue weighted by atomic mass is 9.92. The molecule has 0 fully saturated rings. The molecule has 146 valence electrons. The van der Waals surface area contributed by atoms with Gasteiger partial charge in [0, 0.05) is 30.6 Å². The predicted molar refractivity (Wildman–Crippen MR) is 106 cm³/mol. The van der Waals surface area contributed by atoms with Crippen LogP contribution in [0.1, 0.15) is 33.5 Å². The summed E-state index contributed by atoms with van der Waals surface area (Å²) in [6.07, 6.45) is 0. The number of likely N-dealkylation sites (N-methyl/N-ethyl adjacent to an activating group) is 2. The first-order chi connectivity index (χ1) is 13.2. The molecule has 0 aliphatic heterocycles. The Labute approximate surface area is 167 Å². The summed E-state index contributed by atoms with van der Waals surface area (Å²) in [6, 6.07) is 6.50. The van der Waals surface area contributed by atoms with Crippen molar-refractivity contribution in [2.75, 3.05) is 20.7 Å². The van der Waals surface area contributed by atoms with Crippen LogP contribution in [0.3, 0.4) is 0 Å². The van der Waals surface area contributed by atoms with Crippen molar-refractivity contribution < 1.29 is 19.5 Å². The van der Waals surface area contributed by atoms with Crippen LogP contribution in [0, 0.1) is 18.8 Å².